The molecule has 4 nitrogen and oxygen atoms in total. The summed E-state index contributed by atoms with van der Waals surface area (Å²) in [7, 11) is 2.30. The molecule has 0 aromatic heterocycles. The zero-order chi connectivity index (χ0) is 13.8. The van der Waals surface area contributed by atoms with Crippen molar-refractivity contribution in [3.8, 4) is 0 Å². The van der Waals surface area contributed by atoms with E-state index in [1.54, 1.807) is 0 Å². The normalized spacial score (nSPS) is 32.7. The van der Waals surface area contributed by atoms with Gasteiger partial charge in [0.05, 0.1) is 6.61 Å². The SMILES string of the molecule is CN(CC1(CNC2CC2)CCCOC1)C1CCOCC1. The van der Waals surface area contributed by atoms with Crippen molar-refractivity contribution in [2.75, 3.05) is 46.6 Å². The molecule has 1 atom stereocenters. The highest BCUT2D eigenvalue weighted by molar-refractivity contribution is 4.92. The van der Waals surface area contributed by atoms with E-state index in [0.29, 0.717) is 11.5 Å². The van der Waals surface area contributed by atoms with E-state index < -0.39 is 0 Å². The van der Waals surface area contributed by atoms with Gasteiger partial charge in [-0.1, -0.05) is 0 Å². The fraction of sp³-hybridized carbons (Fsp3) is 1.00. The summed E-state index contributed by atoms with van der Waals surface area (Å²) in [5.41, 5.74) is 0.327. The predicted molar refractivity (Wildman–Crippen MR) is 80.0 cm³/mol. The molecule has 20 heavy (non-hydrogen) atoms. The minimum absolute atomic E-state index is 0.327. The Hall–Kier alpha value is -0.160. The van der Waals surface area contributed by atoms with E-state index in [1.807, 2.05) is 0 Å². The van der Waals surface area contributed by atoms with Crippen molar-refractivity contribution in [2.24, 2.45) is 5.41 Å². The number of ether oxygens (including phenoxy) is 2. The molecule has 0 bridgehead atoms. The van der Waals surface area contributed by atoms with Crippen LogP contribution in [0.3, 0.4) is 0 Å². The number of hydrogen-bond acceptors (Lipinski definition) is 4. The largest absolute Gasteiger partial charge is 0.381 e. The van der Waals surface area contributed by atoms with E-state index in [4.69, 9.17) is 9.47 Å². The van der Waals surface area contributed by atoms with E-state index in [9.17, 15) is 0 Å². The molecule has 2 heterocycles. The van der Waals surface area contributed by atoms with Crippen molar-refractivity contribution in [2.45, 2.75) is 50.6 Å². The lowest BCUT2D eigenvalue weighted by molar-refractivity contribution is -0.0386. The van der Waals surface area contributed by atoms with E-state index in [0.717, 1.165) is 45.6 Å². The van der Waals surface area contributed by atoms with Gasteiger partial charge in [0.25, 0.3) is 0 Å². The molecule has 0 radical (unpaired) electrons. The first kappa shape index (κ1) is 14.8. The van der Waals surface area contributed by atoms with Crippen LogP contribution in [0, 0.1) is 5.41 Å². The number of nitrogens with zero attached hydrogens (tertiary/aromatic N) is 1. The number of nitrogens with one attached hydrogen (secondary N) is 1. The van der Waals surface area contributed by atoms with Gasteiger partial charge in [-0.25, -0.2) is 0 Å². The van der Waals surface area contributed by atoms with E-state index >= 15 is 0 Å². The van der Waals surface area contributed by atoms with Crippen molar-refractivity contribution in [1.82, 2.24) is 10.2 Å². The van der Waals surface area contributed by atoms with E-state index in [2.05, 4.69) is 17.3 Å². The van der Waals surface area contributed by atoms with Crippen LogP contribution in [0.25, 0.3) is 0 Å². The first-order valence-electron chi connectivity index (χ1n) is 8.37. The Labute approximate surface area is 123 Å². The molecule has 1 unspecified atom stereocenters. The Morgan fingerprint density at radius 3 is 2.55 bits per heavy atom. The molecular weight excluding hydrogens is 252 g/mol. The van der Waals surface area contributed by atoms with Crippen molar-refractivity contribution in [3.63, 3.8) is 0 Å². The lowest BCUT2D eigenvalue weighted by Crippen LogP contribution is -2.51. The molecule has 1 N–H and O–H groups in total. The molecule has 2 saturated heterocycles. The fourth-order valence-corrected chi connectivity index (χ4v) is 3.66. The Morgan fingerprint density at radius 2 is 1.90 bits per heavy atom. The lowest BCUT2D eigenvalue weighted by atomic mass is 9.81. The van der Waals surface area contributed by atoms with Crippen LogP contribution in [0.5, 0.6) is 0 Å². The molecule has 1 saturated carbocycles. The van der Waals surface area contributed by atoms with Crippen molar-refractivity contribution in [3.05, 3.63) is 0 Å². The summed E-state index contributed by atoms with van der Waals surface area (Å²) in [6.45, 7) is 6.03. The maximum atomic E-state index is 5.84. The average Bonchev–Trinajstić information content (AvgIpc) is 3.31. The number of hydrogen-bond donors (Lipinski definition) is 1. The highest BCUT2D eigenvalue weighted by Crippen LogP contribution is 2.32. The molecule has 3 rings (SSSR count). The van der Waals surface area contributed by atoms with Gasteiger partial charge in [0.2, 0.25) is 0 Å². The molecule has 116 valence electrons. The van der Waals surface area contributed by atoms with Gasteiger partial charge in [0.1, 0.15) is 0 Å². The molecule has 0 aromatic rings. The van der Waals surface area contributed by atoms with Crippen LogP contribution in [0.2, 0.25) is 0 Å². The van der Waals surface area contributed by atoms with Crippen molar-refractivity contribution < 1.29 is 9.47 Å². The Morgan fingerprint density at radius 1 is 1.10 bits per heavy atom. The highest BCUT2D eigenvalue weighted by Gasteiger charge is 2.37. The molecular formula is C16H30N2O2. The molecule has 0 aromatic carbocycles. The van der Waals surface area contributed by atoms with Gasteiger partial charge in [0.15, 0.2) is 0 Å². The average molecular weight is 282 g/mol. The standard InChI is InChI=1S/C16H30N2O2/c1-18(15-5-9-19-10-6-15)12-16(7-2-8-20-13-16)11-17-14-3-4-14/h14-15,17H,2-13H2,1H3. The Bertz CT molecular complexity index is 295. The van der Waals surface area contributed by atoms with Crippen LogP contribution in [-0.2, 0) is 9.47 Å². The quantitative estimate of drug-likeness (QED) is 0.803. The van der Waals surface area contributed by atoms with Crippen LogP contribution in [-0.4, -0.2) is 63.5 Å². The van der Waals surface area contributed by atoms with E-state index in [1.165, 1.54) is 38.5 Å². The lowest BCUT2D eigenvalue weighted by Gasteiger charge is -2.43. The van der Waals surface area contributed by atoms with Gasteiger partial charge in [0, 0.05) is 50.4 Å². The second-order valence-corrected chi connectivity index (χ2v) is 7.07. The highest BCUT2D eigenvalue weighted by atomic mass is 16.5. The maximum Gasteiger partial charge on any atom is 0.0546 e. The van der Waals surface area contributed by atoms with Gasteiger partial charge >= 0.3 is 0 Å². The van der Waals surface area contributed by atoms with Gasteiger partial charge < -0.3 is 19.7 Å². The van der Waals surface area contributed by atoms with Crippen LogP contribution in [0.4, 0.5) is 0 Å². The van der Waals surface area contributed by atoms with Crippen LogP contribution < -0.4 is 5.32 Å². The third-order valence-corrected chi connectivity index (χ3v) is 5.15. The Balaban J connectivity index is 1.55. The van der Waals surface area contributed by atoms with Gasteiger partial charge in [-0.15, -0.1) is 0 Å². The van der Waals surface area contributed by atoms with Gasteiger partial charge in [-0.3, -0.25) is 0 Å². The Kier molecular flexibility index (Phi) is 4.97. The summed E-state index contributed by atoms with van der Waals surface area (Å²) in [5.74, 6) is 0. The summed E-state index contributed by atoms with van der Waals surface area (Å²) < 4.78 is 11.3. The number of rotatable bonds is 6. The smallest absolute Gasteiger partial charge is 0.0546 e. The van der Waals surface area contributed by atoms with Gasteiger partial charge in [-0.2, -0.15) is 0 Å². The molecule has 2 aliphatic heterocycles. The zero-order valence-electron chi connectivity index (χ0n) is 12.9. The second kappa shape index (κ2) is 6.73. The molecule has 3 fully saturated rings. The molecule has 1 aliphatic carbocycles. The second-order valence-electron chi connectivity index (χ2n) is 7.07. The first-order chi connectivity index (χ1) is 9.77. The van der Waals surface area contributed by atoms with Crippen LogP contribution >= 0.6 is 0 Å². The monoisotopic (exact) mass is 282 g/mol. The molecule has 4 heteroatoms. The summed E-state index contributed by atoms with van der Waals surface area (Å²) in [6, 6.07) is 1.49. The minimum Gasteiger partial charge on any atom is -0.381 e. The summed E-state index contributed by atoms with van der Waals surface area (Å²) in [5, 5.41) is 3.74. The summed E-state index contributed by atoms with van der Waals surface area (Å²) >= 11 is 0. The summed E-state index contributed by atoms with van der Waals surface area (Å²) in [4.78, 5) is 2.58. The van der Waals surface area contributed by atoms with Crippen molar-refractivity contribution in [1.29, 1.82) is 0 Å². The zero-order valence-corrected chi connectivity index (χ0v) is 12.9. The van der Waals surface area contributed by atoms with Crippen LogP contribution in [0.15, 0.2) is 0 Å². The molecule has 3 aliphatic rings. The topological polar surface area (TPSA) is 33.7 Å². The third kappa shape index (κ3) is 3.94. The van der Waals surface area contributed by atoms with Crippen molar-refractivity contribution >= 4 is 0 Å². The first-order valence-corrected chi connectivity index (χ1v) is 8.37. The maximum absolute atomic E-state index is 5.84. The predicted octanol–water partition coefficient (Wildman–Crippen LogP) is 1.65. The van der Waals surface area contributed by atoms with E-state index in [-0.39, 0.29) is 0 Å². The third-order valence-electron chi connectivity index (χ3n) is 5.15. The fourth-order valence-electron chi connectivity index (χ4n) is 3.66. The summed E-state index contributed by atoms with van der Waals surface area (Å²) in [6.07, 6.45) is 7.63. The molecule has 0 spiro atoms. The molecule has 0 amide bonds. The van der Waals surface area contributed by atoms with Crippen LogP contribution in [0.1, 0.15) is 38.5 Å². The minimum atomic E-state index is 0.327. The van der Waals surface area contributed by atoms with Gasteiger partial charge in [-0.05, 0) is 45.6 Å².